The number of Topliss-reactive ketones (excluding diaryl/α,β-unsaturated/α-hetero) is 1. The fourth-order valence-electron chi connectivity index (χ4n) is 7.43. The summed E-state index contributed by atoms with van der Waals surface area (Å²) in [6, 6.07) is 0. The Morgan fingerprint density at radius 1 is 1.21 bits per heavy atom. The zero-order valence-corrected chi connectivity index (χ0v) is 15.1. The molecule has 3 saturated carbocycles. The van der Waals surface area contributed by atoms with E-state index in [1.54, 1.807) is 13.0 Å². The van der Waals surface area contributed by atoms with E-state index >= 15 is 0 Å². The highest BCUT2D eigenvalue weighted by Gasteiger charge is 2.63. The molecule has 0 heterocycles. The van der Waals surface area contributed by atoms with Crippen molar-refractivity contribution in [2.45, 2.75) is 65.4 Å². The van der Waals surface area contributed by atoms with Gasteiger partial charge in [0.1, 0.15) is 5.78 Å². The summed E-state index contributed by atoms with van der Waals surface area (Å²) in [5.41, 5.74) is -0.101. The molecule has 0 aromatic carbocycles. The van der Waals surface area contributed by atoms with Gasteiger partial charge in [0, 0.05) is 12.3 Å². The molecule has 1 N–H and O–H groups in total. The van der Waals surface area contributed by atoms with Gasteiger partial charge in [-0.3, -0.25) is 9.59 Å². The molecule has 0 aromatic heterocycles. The van der Waals surface area contributed by atoms with Gasteiger partial charge in [-0.2, -0.15) is 0 Å². The first-order chi connectivity index (χ1) is 11.3. The molecule has 0 amide bonds. The second-order valence-corrected chi connectivity index (χ2v) is 9.46. The fraction of sp³-hybridized carbons (Fsp3) is 0.810. The molecule has 3 heteroatoms. The van der Waals surface area contributed by atoms with Crippen LogP contribution < -0.4 is 0 Å². The number of fused-ring (bicyclic) bond motifs is 5. The van der Waals surface area contributed by atoms with Gasteiger partial charge in [-0.15, -0.1) is 0 Å². The van der Waals surface area contributed by atoms with Gasteiger partial charge >= 0.3 is 0 Å². The molecule has 0 aromatic rings. The first-order valence-electron chi connectivity index (χ1n) is 9.68. The van der Waals surface area contributed by atoms with Crippen LogP contribution in [0.5, 0.6) is 0 Å². The Morgan fingerprint density at radius 2 is 1.96 bits per heavy atom. The van der Waals surface area contributed by atoms with Crippen LogP contribution in [-0.2, 0) is 9.59 Å². The van der Waals surface area contributed by atoms with Crippen LogP contribution in [0.2, 0.25) is 0 Å². The summed E-state index contributed by atoms with van der Waals surface area (Å²) in [5.74, 6) is 2.31. The van der Waals surface area contributed by atoms with Crippen LogP contribution in [0.3, 0.4) is 0 Å². The van der Waals surface area contributed by atoms with Crippen LogP contribution in [0.1, 0.15) is 59.3 Å². The summed E-state index contributed by atoms with van der Waals surface area (Å²) in [7, 11) is 0. The Hall–Kier alpha value is -0.960. The monoisotopic (exact) mass is 330 g/mol. The van der Waals surface area contributed by atoms with Crippen molar-refractivity contribution >= 4 is 11.6 Å². The van der Waals surface area contributed by atoms with Gasteiger partial charge in [0.05, 0.1) is 6.10 Å². The van der Waals surface area contributed by atoms with E-state index in [0.717, 1.165) is 32.1 Å². The molecular weight excluding hydrogens is 300 g/mol. The number of hydrogen-bond acceptors (Lipinski definition) is 3. The lowest BCUT2D eigenvalue weighted by atomic mass is 9.45. The topological polar surface area (TPSA) is 54.4 Å². The Kier molecular flexibility index (Phi) is 3.62. The van der Waals surface area contributed by atoms with Gasteiger partial charge in [0.25, 0.3) is 0 Å². The van der Waals surface area contributed by atoms with Gasteiger partial charge in [-0.25, -0.2) is 0 Å². The van der Waals surface area contributed by atoms with Crippen LogP contribution in [0.15, 0.2) is 12.2 Å². The summed E-state index contributed by atoms with van der Waals surface area (Å²) < 4.78 is 0. The van der Waals surface area contributed by atoms with Crippen molar-refractivity contribution in [3.8, 4) is 0 Å². The van der Waals surface area contributed by atoms with Gasteiger partial charge in [0.2, 0.25) is 0 Å². The lowest BCUT2D eigenvalue weighted by molar-refractivity contribution is -0.155. The summed E-state index contributed by atoms with van der Waals surface area (Å²) in [6.45, 7) is 6.25. The lowest BCUT2D eigenvalue weighted by Crippen LogP contribution is -2.58. The molecule has 3 nitrogen and oxygen atoms in total. The van der Waals surface area contributed by atoms with Crippen LogP contribution >= 0.6 is 0 Å². The van der Waals surface area contributed by atoms with E-state index in [4.69, 9.17) is 0 Å². The molecule has 3 fully saturated rings. The van der Waals surface area contributed by atoms with Crippen molar-refractivity contribution < 1.29 is 14.7 Å². The first kappa shape index (κ1) is 16.5. The van der Waals surface area contributed by atoms with E-state index in [9.17, 15) is 14.7 Å². The zero-order valence-electron chi connectivity index (χ0n) is 15.1. The van der Waals surface area contributed by atoms with Crippen LogP contribution in [0.4, 0.5) is 0 Å². The number of carbonyl (C=O) groups excluding carboxylic acids is 2. The Balaban J connectivity index is 1.72. The zero-order chi connectivity index (χ0) is 17.3. The molecule has 0 unspecified atom stereocenters. The second-order valence-electron chi connectivity index (χ2n) is 9.46. The number of allylic oxidation sites excluding steroid dienone is 2. The van der Waals surface area contributed by atoms with Crippen molar-refractivity contribution in [2.75, 3.05) is 0 Å². The van der Waals surface area contributed by atoms with Gasteiger partial charge in [-0.05, 0) is 79.6 Å². The first-order valence-corrected chi connectivity index (χ1v) is 9.68. The Morgan fingerprint density at radius 3 is 2.67 bits per heavy atom. The van der Waals surface area contributed by atoms with Crippen molar-refractivity contribution in [2.24, 2.45) is 40.4 Å². The predicted octanol–water partition coefficient (Wildman–Crippen LogP) is 3.55. The van der Waals surface area contributed by atoms with E-state index in [2.05, 4.69) is 19.9 Å². The Bertz CT molecular complexity index is 608. The Labute approximate surface area is 144 Å². The fourth-order valence-corrected chi connectivity index (χ4v) is 7.43. The van der Waals surface area contributed by atoms with Crippen LogP contribution in [0, 0.1) is 40.4 Å². The molecule has 24 heavy (non-hydrogen) atoms. The number of aliphatic hydroxyl groups is 1. The average molecular weight is 330 g/mol. The summed E-state index contributed by atoms with van der Waals surface area (Å²) in [6.07, 6.45) is 9.19. The lowest BCUT2D eigenvalue weighted by Gasteiger charge is -2.60. The molecule has 0 bridgehead atoms. The van der Waals surface area contributed by atoms with Gasteiger partial charge in [0.15, 0.2) is 5.78 Å². The van der Waals surface area contributed by atoms with Crippen LogP contribution in [0.25, 0.3) is 0 Å². The number of carbonyl (C=O) groups is 2. The molecular formula is C21H30O3. The van der Waals surface area contributed by atoms with Gasteiger partial charge in [-0.1, -0.05) is 19.9 Å². The van der Waals surface area contributed by atoms with E-state index in [-0.39, 0.29) is 34.6 Å². The second kappa shape index (κ2) is 5.27. The maximum absolute atomic E-state index is 12.2. The quantitative estimate of drug-likeness (QED) is 0.800. The summed E-state index contributed by atoms with van der Waals surface area (Å²) in [5, 5.41) is 11.2. The molecule has 0 spiro atoms. The third-order valence-corrected chi connectivity index (χ3v) is 8.46. The number of aliphatic hydroxyl groups excluding tert-OH is 1. The third-order valence-electron chi connectivity index (χ3n) is 8.46. The molecule has 4 rings (SSSR count). The van der Waals surface area contributed by atoms with E-state index in [1.165, 1.54) is 0 Å². The molecule has 0 saturated heterocycles. The standard InChI is InChI=1S/C21H30O3/c1-12(22)16-6-7-17-15-5-4-13-10-14(23)8-9-20(13,2)19(15)18(24)11-21(16,17)3/h8-9,13,15-19,24H,4-7,10-11H2,1-3H3/t13-,15+,16-,17+,18-,19-,20+,21-/m1/s1. The summed E-state index contributed by atoms with van der Waals surface area (Å²) in [4.78, 5) is 24.0. The highest BCUT2D eigenvalue weighted by molar-refractivity contribution is 5.91. The van der Waals surface area contributed by atoms with Crippen LogP contribution in [-0.4, -0.2) is 22.8 Å². The minimum atomic E-state index is -0.359. The maximum Gasteiger partial charge on any atom is 0.155 e. The number of hydrogen-bond donors (Lipinski definition) is 1. The van der Waals surface area contributed by atoms with E-state index in [0.29, 0.717) is 30.0 Å². The highest BCUT2D eigenvalue weighted by atomic mass is 16.3. The molecule has 4 aliphatic carbocycles. The van der Waals surface area contributed by atoms with E-state index in [1.807, 2.05) is 0 Å². The van der Waals surface area contributed by atoms with E-state index < -0.39 is 0 Å². The molecule has 8 atom stereocenters. The number of ketones is 2. The van der Waals surface area contributed by atoms with Crippen molar-refractivity contribution in [1.82, 2.24) is 0 Å². The maximum atomic E-state index is 12.2. The average Bonchev–Trinajstić information content (AvgIpc) is 2.84. The molecule has 132 valence electrons. The summed E-state index contributed by atoms with van der Waals surface area (Å²) >= 11 is 0. The molecule has 0 aliphatic heterocycles. The largest absolute Gasteiger partial charge is 0.393 e. The highest BCUT2D eigenvalue weighted by Crippen LogP contribution is 2.66. The van der Waals surface area contributed by atoms with Gasteiger partial charge < -0.3 is 5.11 Å². The SMILES string of the molecule is CC(=O)[C@H]1CC[C@H]2[C@@H]3CC[C@@H]4CC(=O)C=C[C@]4(C)[C@H]3[C@H](O)C[C@]12C. The smallest absolute Gasteiger partial charge is 0.155 e. The minimum absolute atomic E-state index is 0.0379. The third kappa shape index (κ3) is 2.06. The normalized spacial score (nSPS) is 53.2. The van der Waals surface area contributed by atoms with Crippen molar-refractivity contribution in [3.05, 3.63) is 12.2 Å². The molecule has 4 aliphatic rings. The molecule has 0 radical (unpaired) electrons. The van der Waals surface area contributed by atoms with Crippen molar-refractivity contribution in [1.29, 1.82) is 0 Å². The van der Waals surface area contributed by atoms with Crippen molar-refractivity contribution in [3.63, 3.8) is 0 Å². The minimum Gasteiger partial charge on any atom is -0.393 e. The number of rotatable bonds is 1. The predicted molar refractivity (Wildman–Crippen MR) is 92.2 cm³/mol.